The van der Waals surface area contributed by atoms with Gasteiger partial charge in [0.25, 0.3) is 0 Å². The van der Waals surface area contributed by atoms with Crippen molar-refractivity contribution in [3.8, 4) is 11.5 Å². The number of aryl methyl sites for hydroxylation is 2. The van der Waals surface area contributed by atoms with Gasteiger partial charge in [0.15, 0.2) is 0 Å². The highest BCUT2D eigenvalue weighted by atomic mass is 16.6. The number of aliphatic carboxylic acids is 2. The molecule has 4 atom stereocenters. The first-order valence-electron chi connectivity index (χ1n) is 18.9. The Morgan fingerprint density at radius 3 is 1.31 bits per heavy atom. The number of hydrogen-bond acceptors (Lipinski definition) is 8. The van der Waals surface area contributed by atoms with Crippen molar-refractivity contribution in [2.45, 2.75) is 142 Å². The molecule has 2 N–H and O–H groups in total. The lowest BCUT2D eigenvalue weighted by Crippen LogP contribution is -2.33. The SMILES string of the molecule is CC(C)(C)OC(=O)Cc1ccc2c(c1)CC[C@H]([C@@H](CC(=O)O)C1CC1)O2.CC(C)(C)OC(=O)Cc1ccc2c(c1)CC[C@H]([C@H](CC(=O)O)C1CC1)O2. The second-order valence-corrected chi connectivity index (χ2v) is 17.0. The summed E-state index contributed by atoms with van der Waals surface area (Å²) in [5.41, 5.74) is 3.06. The van der Waals surface area contributed by atoms with Crippen LogP contribution in [0.1, 0.15) is 115 Å². The standard InChI is InChI=1S/2C21H28O5/c2*1-21(2,3)26-20(24)11-13-4-8-17-15(10-13)7-9-18(25-17)16(12-19(22)23)14-5-6-14/h2*4,8,10,14,16,18H,5-7,9,11-12H2,1-3H3,(H,22,23)/t16-,18+;16-,18-/m01/s1. The largest absolute Gasteiger partial charge is 0.490 e. The summed E-state index contributed by atoms with van der Waals surface area (Å²) >= 11 is 0. The highest BCUT2D eigenvalue weighted by molar-refractivity contribution is 5.74. The summed E-state index contributed by atoms with van der Waals surface area (Å²) in [6, 6.07) is 11.6. The molecule has 284 valence electrons. The van der Waals surface area contributed by atoms with E-state index < -0.39 is 23.1 Å². The van der Waals surface area contributed by atoms with Crippen LogP contribution in [0.15, 0.2) is 36.4 Å². The summed E-state index contributed by atoms with van der Waals surface area (Å²) in [6.45, 7) is 11.2. The zero-order chi connectivity index (χ0) is 37.8. The Bertz CT molecular complexity index is 1490. The Morgan fingerprint density at radius 2 is 1.00 bits per heavy atom. The number of carbonyl (C=O) groups excluding carboxylic acids is 2. The van der Waals surface area contributed by atoms with E-state index in [9.17, 15) is 29.4 Å². The van der Waals surface area contributed by atoms with Crippen molar-refractivity contribution >= 4 is 23.9 Å². The Balaban J connectivity index is 0.000000201. The van der Waals surface area contributed by atoms with E-state index >= 15 is 0 Å². The van der Waals surface area contributed by atoms with Gasteiger partial charge in [0.1, 0.15) is 34.9 Å². The van der Waals surface area contributed by atoms with Gasteiger partial charge in [-0.15, -0.1) is 0 Å². The molecule has 2 aliphatic carbocycles. The number of rotatable bonds is 12. The summed E-state index contributed by atoms with van der Waals surface area (Å²) in [6.07, 6.45) is 8.62. The topological polar surface area (TPSA) is 146 Å². The van der Waals surface area contributed by atoms with Crippen LogP contribution in [0, 0.1) is 23.7 Å². The van der Waals surface area contributed by atoms with E-state index in [1.165, 1.54) is 0 Å². The summed E-state index contributed by atoms with van der Waals surface area (Å²) in [7, 11) is 0. The second kappa shape index (κ2) is 16.3. The molecule has 4 aliphatic rings. The number of fused-ring (bicyclic) bond motifs is 2. The lowest BCUT2D eigenvalue weighted by molar-refractivity contribution is -0.155. The first kappa shape index (κ1) is 39.1. The van der Waals surface area contributed by atoms with Gasteiger partial charge in [-0.3, -0.25) is 19.2 Å². The molecule has 0 amide bonds. The normalized spacial score (nSPS) is 20.7. The maximum atomic E-state index is 12.0. The molecular formula is C42H56O10. The maximum Gasteiger partial charge on any atom is 0.310 e. The molecule has 52 heavy (non-hydrogen) atoms. The van der Waals surface area contributed by atoms with Crippen LogP contribution < -0.4 is 9.47 Å². The number of carboxylic acid groups (broad SMARTS) is 2. The van der Waals surface area contributed by atoms with Crippen LogP contribution in [0.5, 0.6) is 11.5 Å². The summed E-state index contributed by atoms with van der Waals surface area (Å²) < 4.78 is 23.1. The smallest absolute Gasteiger partial charge is 0.310 e. The molecule has 2 aromatic rings. The lowest BCUT2D eigenvalue weighted by Gasteiger charge is -2.32. The minimum absolute atomic E-state index is 0.0252. The number of benzene rings is 2. The van der Waals surface area contributed by atoms with Gasteiger partial charge >= 0.3 is 23.9 Å². The molecule has 0 spiro atoms. The van der Waals surface area contributed by atoms with Crippen LogP contribution >= 0.6 is 0 Å². The third kappa shape index (κ3) is 12.0. The fraction of sp³-hybridized carbons (Fsp3) is 0.619. The molecule has 10 heteroatoms. The molecule has 2 aromatic carbocycles. The molecular weight excluding hydrogens is 664 g/mol. The molecule has 2 aliphatic heterocycles. The van der Waals surface area contributed by atoms with Gasteiger partial charge < -0.3 is 29.2 Å². The molecule has 2 saturated carbocycles. The van der Waals surface area contributed by atoms with Gasteiger partial charge in [-0.05, 0) is 139 Å². The van der Waals surface area contributed by atoms with Crippen molar-refractivity contribution in [3.05, 3.63) is 58.7 Å². The van der Waals surface area contributed by atoms with Crippen LogP contribution in [-0.2, 0) is 54.3 Å². The van der Waals surface area contributed by atoms with Crippen LogP contribution in [0.25, 0.3) is 0 Å². The van der Waals surface area contributed by atoms with E-state index in [1.54, 1.807) is 0 Å². The highest BCUT2D eigenvalue weighted by Crippen LogP contribution is 2.45. The first-order valence-corrected chi connectivity index (χ1v) is 18.9. The fourth-order valence-corrected chi connectivity index (χ4v) is 7.49. The van der Waals surface area contributed by atoms with Crippen LogP contribution in [0.2, 0.25) is 0 Å². The Hall–Kier alpha value is -4.08. The van der Waals surface area contributed by atoms with Crippen LogP contribution in [0.3, 0.4) is 0 Å². The lowest BCUT2D eigenvalue weighted by atomic mass is 9.87. The van der Waals surface area contributed by atoms with Crippen molar-refractivity contribution in [1.29, 1.82) is 0 Å². The van der Waals surface area contributed by atoms with Gasteiger partial charge in [-0.25, -0.2) is 0 Å². The molecule has 6 rings (SSSR count). The van der Waals surface area contributed by atoms with Crippen molar-refractivity contribution in [3.63, 3.8) is 0 Å². The molecule has 0 unspecified atom stereocenters. The van der Waals surface area contributed by atoms with Crippen molar-refractivity contribution in [2.24, 2.45) is 23.7 Å². The third-order valence-electron chi connectivity index (χ3n) is 9.97. The highest BCUT2D eigenvalue weighted by Gasteiger charge is 2.41. The van der Waals surface area contributed by atoms with E-state index in [0.717, 1.165) is 85.1 Å². The predicted molar refractivity (Wildman–Crippen MR) is 194 cm³/mol. The van der Waals surface area contributed by atoms with Gasteiger partial charge in [-0.2, -0.15) is 0 Å². The fourth-order valence-electron chi connectivity index (χ4n) is 7.49. The van der Waals surface area contributed by atoms with E-state index in [0.29, 0.717) is 11.8 Å². The third-order valence-corrected chi connectivity index (χ3v) is 9.97. The van der Waals surface area contributed by atoms with E-state index in [4.69, 9.17) is 18.9 Å². The average molecular weight is 721 g/mol. The quantitative estimate of drug-likeness (QED) is 0.211. The molecule has 0 bridgehead atoms. The zero-order valence-corrected chi connectivity index (χ0v) is 31.6. The number of ether oxygens (including phenoxy) is 4. The van der Waals surface area contributed by atoms with E-state index in [2.05, 4.69) is 0 Å². The van der Waals surface area contributed by atoms with Gasteiger partial charge in [0.2, 0.25) is 0 Å². The minimum Gasteiger partial charge on any atom is -0.490 e. The minimum atomic E-state index is -0.746. The van der Waals surface area contributed by atoms with Gasteiger partial charge in [0.05, 0.1) is 25.7 Å². The summed E-state index contributed by atoms with van der Waals surface area (Å²) in [5, 5.41) is 18.4. The van der Waals surface area contributed by atoms with Crippen molar-refractivity contribution in [1.82, 2.24) is 0 Å². The molecule has 2 fully saturated rings. The molecule has 10 nitrogen and oxygen atoms in total. The predicted octanol–water partition coefficient (Wildman–Crippen LogP) is 7.53. The first-order chi connectivity index (χ1) is 24.4. The Kier molecular flexibility index (Phi) is 12.3. The molecule has 0 saturated heterocycles. The Morgan fingerprint density at radius 1 is 0.635 bits per heavy atom. The van der Waals surface area contributed by atoms with E-state index in [1.807, 2.05) is 77.9 Å². The average Bonchev–Trinajstić information content (AvgIpc) is 3.95. The van der Waals surface area contributed by atoms with Crippen LogP contribution in [0.4, 0.5) is 0 Å². The van der Waals surface area contributed by atoms with Crippen molar-refractivity contribution < 1.29 is 48.3 Å². The van der Waals surface area contributed by atoms with E-state index in [-0.39, 0.29) is 61.7 Å². The van der Waals surface area contributed by atoms with Crippen LogP contribution in [-0.4, -0.2) is 57.5 Å². The molecule has 2 heterocycles. The van der Waals surface area contributed by atoms with Gasteiger partial charge in [-0.1, -0.05) is 24.3 Å². The number of hydrogen-bond donors (Lipinski definition) is 2. The number of carbonyl (C=O) groups is 4. The molecule has 0 radical (unpaired) electrons. The monoisotopic (exact) mass is 720 g/mol. The van der Waals surface area contributed by atoms with Gasteiger partial charge in [0, 0.05) is 11.8 Å². The summed E-state index contributed by atoms with van der Waals surface area (Å²) in [4.78, 5) is 46.4. The number of carboxylic acids is 2. The zero-order valence-electron chi connectivity index (χ0n) is 31.6. The number of esters is 2. The summed E-state index contributed by atoms with van der Waals surface area (Å²) in [5.74, 6) is 0.866. The Labute approximate surface area is 307 Å². The maximum absolute atomic E-state index is 12.0. The second-order valence-electron chi connectivity index (χ2n) is 17.0. The molecule has 0 aromatic heterocycles. The van der Waals surface area contributed by atoms with Crippen molar-refractivity contribution in [2.75, 3.05) is 0 Å².